The Hall–Kier alpha value is -1.51. The number of ether oxygens (including phenoxy) is 2. The van der Waals surface area contributed by atoms with E-state index < -0.39 is 17.0 Å². The highest BCUT2D eigenvalue weighted by atomic mass is 16.5. The average molecular weight is 496 g/mol. The van der Waals surface area contributed by atoms with Crippen molar-refractivity contribution in [1.82, 2.24) is 14.7 Å². The molecule has 0 spiro atoms. The smallest absolute Gasteiger partial charge is 0.319 e. The first-order valence-electron chi connectivity index (χ1n) is 13.1. The predicted octanol–water partition coefficient (Wildman–Crippen LogP) is 2.70. The number of hydrogen-bond acceptors (Lipinski definition) is 7. The molecule has 2 saturated heterocycles. The molecule has 2 heterocycles. The van der Waals surface area contributed by atoms with Gasteiger partial charge in [-0.2, -0.15) is 0 Å². The molecule has 0 aromatic carbocycles. The van der Waals surface area contributed by atoms with Crippen molar-refractivity contribution in [1.29, 1.82) is 0 Å². The number of amides is 1. The second-order valence-corrected chi connectivity index (χ2v) is 12.1. The minimum atomic E-state index is -1.21. The van der Waals surface area contributed by atoms with Gasteiger partial charge in [0.1, 0.15) is 12.0 Å². The summed E-state index contributed by atoms with van der Waals surface area (Å²) in [6.07, 6.45) is 3.13. The normalized spacial score (nSPS) is 32.5. The van der Waals surface area contributed by atoms with Gasteiger partial charge in [0.05, 0.1) is 12.1 Å². The number of rotatable bonds is 4. The Kier molecular flexibility index (Phi) is 10.3. The number of piperidine rings is 1. The minimum Gasteiger partial charge on any atom is -0.463 e. The summed E-state index contributed by atoms with van der Waals surface area (Å²) in [6, 6.07) is 0.0328. The van der Waals surface area contributed by atoms with Gasteiger partial charge in [0.15, 0.2) is 5.78 Å². The number of likely N-dealkylation sites (N-methyl/N-ethyl adjacent to an activating group) is 2. The van der Waals surface area contributed by atoms with Gasteiger partial charge in [-0.05, 0) is 79.4 Å². The number of Topliss-reactive ketones (excluding diaryl/α,β-unsaturated/α-hetero) is 1. The lowest BCUT2D eigenvalue weighted by Gasteiger charge is -2.41. The monoisotopic (exact) mass is 495 g/mol. The molecule has 8 nitrogen and oxygen atoms in total. The third-order valence-corrected chi connectivity index (χ3v) is 8.02. The first kappa shape index (κ1) is 29.7. The number of methoxy groups -OCH3 is 1. The quantitative estimate of drug-likeness (QED) is 0.438. The van der Waals surface area contributed by atoms with E-state index in [9.17, 15) is 14.4 Å². The molecule has 35 heavy (non-hydrogen) atoms. The lowest BCUT2D eigenvalue weighted by molar-refractivity contribution is -0.162. The van der Waals surface area contributed by atoms with Crippen LogP contribution in [0.2, 0.25) is 0 Å². The van der Waals surface area contributed by atoms with Crippen LogP contribution in [0.5, 0.6) is 0 Å². The lowest BCUT2D eigenvalue weighted by atomic mass is 9.76. The summed E-state index contributed by atoms with van der Waals surface area (Å²) >= 11 is 0. The highest BCUT2D eigenvalue weighted by Crippen LogP contribution is 2.34. The van der Waals surface area contributed by atoms with E-state index >= 15 is 0 Å². The van der Waals surface area contributed by atoms with E-state index in [1.165, 1.54) is 0 Å². The highest BCUT2D eigenvalue weighted by Gasteiger charge is 2.44. The molecule has 0 aromatic rings. The van der Waals surface area contributed by atoms with Crippen LogP contribution in [0.3, 0.4) is 0 Å². The first-order valence-corrected chi connectivity index (χ1v) is 13.1. The molecule has 0 N–H and O–H groups in total. The molecule has 0 bridgehead atoms. The van der Waals surface area contributed by atoms with E-state index in [4.69, 9.17) is 9.47 Å². The number of ketones is 1. The molecular weight excluding hydrogens is 446 g/mol. The van der Waals surface area contributed by atoms with Gasteiger partial charge in [-0.15, -0.1) is 0 Å². The zero-order valence-electron chi connectivity index (χ0n) is 23.6. The molecule has 1 amide bonds. The Balaban J connectivity index is 2.23. The number of carbonyl (C=O) groups excluding carboxylic acids is 3. The van der Waals surface area contributed by atoms with Gasteiger partial charge in [0.2, 0.25) is 5.91 Å². The third kappa shape index (κ3) is 7.73. The van der Waals surface area contributed by atoms with Gasteiger partial charge < -0.3 is 19.3 Å². The molecule has 0 aromatic heterocycles. The maximum absolute atomic E-state index is 13.3. The summed E-state index contributed by atoms with van der Waals surface area (Å²) in [7, 11) is 7.62. The minimum absolute atomic E-state index is 0.0328. The van der Waals surface area contributed by atoms with Crippen molar-refractivity contribution in [3.05, 3.63) is 0 Å². The summed E-state index contributed by atoms with van der Waals surface area (Å²) in [4.78, 5) is 45.1. The van der Waals surface area contributed by atoms with Crippen molar-refractivity contribution < 1.29 is 23.9 Å². The van der Waals surface area contributed by atoms with Gasteiger partial charge in [0, 0.05) is 38.7 Å². The van der Waals surface area contributed by atoms with Crippen LogP contribution in [0.25, 0.3) is 0 Å². The topological polar surface area (TPSA) is 79.4 Å². The van der Waals surface area contributed by atoms with Crippen molar-refractivity contribution in [2.24, 2.45) is 23.2 Å². The van der Waals surface area contributed by atoms with Crippen LogP contribution in [0.15, 0.2) is 0 Å². The summed E-state index contributed by atoms with van der Waals surface area (Å²) in [6.45, 7) is 12.5. The van der Waals surface area contributed by atoms with Crippen LogP contribution < -0.4 is 0 Å². The van der Waals surface area contributed by atoms with Crippen molar-refractivity contribution in [3.8, 4) is 0 Å². The molecule has 0 radical (unpaired) electrons. The van der Waals surface area contributed by atoms with E-state index in [0.717, 1.165) is 25.8 Å². The van der Waals surface area contributed by atoms with Crippen LogP contribution >= 0.6 is 0 Å². The number of nitrogens with zero attached hydrogens (tertiary/aromatic N) is 3. The van der Waals surface area contributed by atoms with Crippen LogP contribution in [-0.4, -0.2) is 105 Å². The predicted molar refractivity (Wildman–Crippen MR) is 137 cm³/mol. The molecule has 0 saturated carbocycles. The lowest BCUT2D eigenvalue weighted by Crippen LogP contribution is -2.50. The molecule has 1 unspecified atom stereocenters. The molecule has 2 fully saturated rings. The zero-order valence-corrected chi connectivity index (χ0v) is 23.6. The van der Waals surface area contributed by atoms with Gasteiger partial charge in [-0.25, -0.2) is 0 Å². The fraction of sp³-hybridized carbons (Fsp3) is 0.889. The Morgan fingerprint density at radius 1 is 1.11 bits per heavy atom. The zero-order chi connectivity index (χ0) is 26.6. The standard InChI is InChI=1S/C27H49N3O5/c1-19-14-27(5,34-9)15-20(2)24(32)26(3,4)25(33)35-18-22(29(8)16-19)21-10-12-30(13-11-21)23(31)17-28(6)7/h19-22H,10-18H2,1-9H3/t19-,20-,22?,27-/m1/s1. The maximum Gasteiger partial charge on any atom is 0.319 e. The molecular formula is C27H49N3O5. The maximum atomic E-state index is 13.3. The molecule has 202 valence electrons. The van der Waals surface area contributed by atoms with Gasteiger partial charge >= 0.3 is 5.97 Å². The number of cyclic esters (lactones) is 1. The molecule has 8 heteroatoms. The van der Waals surface area contributed by atoms with Crippen LogP contribution in [-0.2, 0) is 23.9 Å². The van der Waals surface area contributed by atoms with E-state index in [-0.39, 0.29) is 30.3 Å². The second-order valence-electron chi connectivity index (χ2n) is 12.1. The van der Waals surface area contributed by atoms with Gasteiger partial charge in [0.25, 0.3) is 0 Å². The van der Waals surface area contributed by atoms with Gasteiger partial charge in [-0.1, -0.05) is 13.8 Å². The van der Waals surface area contributed by atoms with E-state index in [1.54, 1.807) is 21.0 Å². The van der Waals surface area contributed by atoms with E-state index in [2.05, 4.69) is 25.8 Å². The Morgan fingerprint density at radius 3 is 2.26 bits per heavy atom. The van der Waals surface area contributed by atoms with Crippen molar-refractivity contribution >= 4 is 17.7 Å². The fourth-order valence-corrected chi connectivity index (χ4v) is 6.00. The Labute approximate surface area is 212 Å². The number of likely N-dealkylation sites (tertiary alicyclic amines) is 1. The Bertz CT molecular complexity index is 747. The molecule has 2 aliphatic heterocycles. The number of hydrogen-bond donors (Lipinski definition) is 0. The summed E-state index contributed by atoms with van der Waals surface area (Å²) in [5.74, 6) is -0.0767. The highest BCUT2D eigenvalue weighted by molar-refractivity contribution is 6.03. The molecule has 4 atom stereocenters. The number of carbonyl (C=O) groups is 3. The number of esters is 1. The summed E-state index contributed by atoms with van der Waals surface area (Å²) in [5.41, 5.74) is -1.66. The molecule has 2 aliphatic rings. The molecule has 2 rings (SSSR count). The Morgan fingerprint density at radius 2 is 1.71 bits per heavy atom. The van der Waals surface area contributed by atoms with E-state index in [0.29, 0.717) is 37.9 Å². The summed E-state index contributed by atoms with van der Waals surface area (Å²) in [5, 5.41) is 0. The molecule has 0 aliphatic carbocycles. The van der Waals surface area contributed by atoms with Crippen LogP contribution in [0.1, 0.15) is 60.3 Å². The SMILES string of the molecule is CO[C@]1(C)C[C@@H](C)CN(C)C(C2CCN(C(=O)CN(C)C)CC2)COC(=O)C(C)(C)C(=O)[C@H](C)C1. The van der Waals surface area contributed by atoms with Crippen LogP contribution in [0, 0.1) is 23.2 Å². The third-order valence-electron chi connectivity index (χ3n) is 8.02. The second kappa shape index (κ2) is 12.2. The van der Waals surface area contributed by atoms with Crippen molar-refractivity contribution in [3.63, 3.8) is 0 Å². The first-order chi connectivity index (χ1) is 16.2. The average Bonchev–Trinajstić information content (AvgIpc) is 2.77. The fourth-order valence-electron chi connectivity index (χ4n) is 6.00. The van der Waals surface area contributed by atoms with Crippen LogP contribution in [0.4, 0.5) is 0 Å². The summed E-state index contributed by atoms with van der Waals surface area (Å²) < 4.78 is 11.8. The van der Waals surface area contributed by atoms with Crippen molar-refractivity contribution in [2.75, 3.05) is 61.0 Å². The largest absolute Gasteiger partial charge is 0.463 e. The van der Waals surface area contributed by atoms with Crippen molar-refractivity contribution in [2.45, 2.75) is 71.9 Å². The van der Waals surface area contributed by atoms with Gasteiger partial charge in [-0.3, -0.25) is 19.3 Å². The van der Waals surface area contributed by atoms with E-state index in [1.807, 2.05) is 30.8 Å².